The zero-order valence-corrected chi connectivity index (χ0v) is 11.6. The van der Waals surface area contributed by atoms with Crippen molar-refractivity contribution in [2.24, 2.45) is 0 Å². The van der Waals surface area contributed by atoms with Crippen molar-refractivity contribution >= 4 is 11.7 Å². The van der Waals surface area contributed by atoms with Gasteiger partial charge in [0.25, 0.3) is 0 Å². The van der Waals surface area contributed by atoms with Crippen LogP contribution in [-0.2, 0) is 6.54 Å². The Morgan fingerprint density at radius 1 is 1.29 bits per heavy atom. The van der Waals surface area contributed by atoms with E-state index in [-0.39, 0.29) is 5.69 Å². The Hall–Kier alpha value is -2.83. The molecule has 1 aromatic heterocycles. The van der Waals surface area contributed by atoms with E-state index in [0.717, 1.165) is 5.56 Å². The number of methoxy groups -OCH3 is 2. The molecule has 0 radical (unpaired) electrons. The number of benzene rings is 1. The first-order valence-corrected chi connectivity index (χ1v) is 6.13. The van der Waals surface area contributed by atoms with Gasteiger partial charge in [0.05, 0.1) is 32.1 Å². The highest BCUT2D eigenvalue weighted by atomic mass is 16.5. The van der Waals surface area contributed by atoms with E-state index < -0.39 is 5.97 Å². The lowest BCUT2D eigenvalue weighted by Gasteiger charge is -2.13. The first kappa shape index (κ1) is 14.6. The summed E-state index contributed by atoms with van der Waals surface area (Å²) < 4.78 is 10.4. The number of carbonyl (C=O) groups is 1. The van der Waals surface area contributed by atoms with E-state index in [1.165, 1.54) is 12.3 Å². The molecule has 0 saturated carbocycles. The second-order valence-corrected chi connectivity index (χ2v) is 4.11. The molecule has 21 heavy (non-hydrogen) atoms. The summed E-state index contributed by atoms with van der Waals surface area (Å²) in [7, 11) is 3.13. The second-order valence-electron chi connectivity index (χ2n) is 4.11. The van der Waals surface area contributed by atoms with Crippen LogP contribution in [0.1, 0.15) is 16.1 Å². The molecule has 2 rings (SSSR count). The number of carbonyl (C=O) groups excluding carboxylic acids is 1. The number of carboxylic acids is 1. The fourth-order valence-corrected chi connectivity index (χ4v) is 1.81. The number of rotatable bonds is 6. The van der Waals surface area contributed by atoms with Gasteiger partial charge >= 0.3 is 0 Å². The van der Waals surface area contributed by atoms with Crippen molar-refractivity contribution in [3.8, 4) is 11.5 Å². The number of hydrogen-bond acceptors (Lipinski definition) is 7. The third kappa shape index (κ3) is 3.38. The average Bonchev–Trinajstić information content (AvgIpc) is 2.52. The largest absolute Gasteiger partial charge is 0.543 e. The lowest BCUT2D eigenvalue weighted by Crippen LogP contribution is -2.25. The van der Waals surface area contributed by atoms with Gasteiger partial charge in [-0.25, -0.2) is 0 Å². The summed E-state index contributed by atoms with van der Waals surface area (Å²) in [5.41, 5.74) is 0.951. The van der Waals surface area contributed by atoms with Crippen LogP contribution in [0.25, 0.3) is 0 Å². The molecule has 0 aliphatic rings. The molecule has 0 spiro atoms. The number of nitrogens with one attached hydrogen (secondary N) is 1. The van der Waals surface area contributed by atoms with E-state index in [9.17, 15) is 9.90 Å². The number of hydrogen-bond donors (Lipinski definition) is 1. The molecule has 0 fully saturated rings. The first-order valence-electron chi connectivity index (χ1n) is 6.13. The van der Waals surface area contributed by atoms with Gasteiger partial charge in [0.2, 0.25) is 0 Å². The molecular formula is C14H14N3O4-. The van der Waals surface area contributed by atoms with E-state index in [4.69, 9.17) is 9.47 Å². The maximum absolute atomic E-state index is 10.9. The minimum Gasteiger partial charge on any atom is -0.543 e. The Labute approximate surface area is 121 Å². The quantitative estimate of drug-likeness (QED) is 0.825. The van der Waals surface area contributed by atoms with Crippen LogP contribution in [-0.4, -0.2) is 30.4 Å². The van der Waals surface area contributed by atoms with Gasteiger partial charge < -0.3 is 24.7 Å². The first-order chi connectivity index (χ1) is 10.2. The van der Waals surface area contributed by atoms with E-state index in [2.05, 4.69) is 15.5 Å². The fraction of sp³-hybridized carbons (Fsp3) is 0.214. The van der Waals surface area contributed by atoms with Crippen LogP contribution >= 0.6 is 0 Å². The molecule has 0 bridgehead atoms. The zero-order chi connectivity index (χ0) is 15.2. The smallest absolute Gasteiger partial charge is 0.131 e. The van der Waals surface area contributed by atoms with E-state index >= 15 is 0 Å². The lowest BCUT2D eigenvalue weighted by atomic mass is 10.2. The summed E-state index contributed by atoms with van der Waals surface area (Å²) in [5, 5.41) is 21.0. The normalized spacial score (nSPS) is 10.0. The highest BCUT2D eigenvalue weighted by molar-refractivity contribution is 5.89. The van der Waals surface area contributed by atoms with E-state index in [0.29, 0.717) is 23.7 Å². The van der Waals surface area contributed by atoms with Crippen molar-refractivity contribution in [2.75, 3.05) is 19.5 Å². The molecule has 1 N–H and O–H groups in total. The summed E-state index contributed by atoms with van der Waals surface area (Å²) in [4.78, 5) is 10.9. The van der Waals surface area contributed by atoms with Gasteiger partial charge in [0, 0.05) is 18.2 Å². The number of aromatic nitrogens is 2. The highest BCUT2D eigenvalue weighted by Gasteiger charge is 2.08. The Balaban J connectivity index is 2.19. The van der Waals surface area contributed by atoms with Crippen LogP contribution in [0.3, 0.4) is 0 Å². The van der Waals surface area contributed by atoms with Gasteiger partial charge in [-0.05, 0) is 18.2 Å². The maximum atomic E-state index is 10.9. The lowest BCUT2D eigenvalue weighted by molar-refractivity contribution is -0.255. The molecule has 7 heteroatoms. The zero-order valence-electron chi connectivity index (χ0n) is 11.6. The van der Waals surface area contributed by atoms with Gasteiger partial charge in [-0.3, -0.25) is 0 Å². The average molecular weight is 288 g/mol. The van der Waals surface area contributed by atoms with Crippen molar-refractivity contribution in [1.29, 1.82) is 0 Å². The Bertz CT molecular complexity index is 646. The van der Waals surface area contributed by atoms with E-state index in [1.807, 2.05) is 6.07 Å². The molecule has 0 atom stereocenters. The summed E-state index contributed by atoms with van der Waals surface area (Å²) >= 11 is 0. The van der Waals surface area contributed by atoms with Gasteiger partial charge in [-0.15, -0.1) is 5.10 Å². The fourth-order valence-electron chi connectivity index (χ4n) is 1.81. The molecule has 7 nitrogen and oxygen atoms in total. The van der Waals surface area contributed by atoms with Crippen LogP contribution in [0.15, 0.2) is 30.5 Å². The van der Waals surface area contributed by atoms with Crippen molar-refractivity contribution in [3.05, 3.63) is 41.7 Å². The van der Waals surface area contributed by atoms with Gasteiger partial charge in [0.1, 0.15) is 17.2 Å². The van der Waals surface area contributed by atoms with Gasteiger partial charge in [0.15, 0.2) is 0 Å². The topological polar surface area (TPSA) is 96.4 Å². The maximum Gasteiger partial charge on any atom is 0.131 e. The Morgan fingerprint density at radius 3 is 2.76 bits per heavy atom. The van der Waals surface area contributed by atoms with Crippen molar-refractivity contribution in [1.82, 2.24) is 10.2 Å². The van der Waals surface area contributed by atoms with Crippen LogP contribution in [0.4, 0.5) is 5.69 Å². The van der Waals surface area contributed by atoms with Crippen LogP contribution in [0.5, 0.6) is 11.5 Å². The predicted octanol–water partition coefficient (Wildman–Crippen LogP) is 0.469. The third-order valence-corrected chi connectivity index (χ3v) is 2.88. The summed E-state index contributed by atoms with van der Waals surface area (Å²) in [5.74, 6) is -0.0669. The Kier molecular flexibility index (Phi) is 4.55. The molecule has 110 valence electrons. The molecule has 0 aliphatic heterocycles. The number of nitrogens with zero attached hydrogens (tertiary/aromatic N) is 2. The molecule has 1 aromatic carbocycles. The van der Waals surface area contributed by atoms with Crippen LogP contribution < -0.4 is 19.9 Å². The number of ether oxygens (including phenoxy) is 2. The Morgan fingerprint density at radius 2 is 2.10 bits per heavy atom. The third-order valence-electron chi connectivity index (χ3n) is 2.88. The summed E-state index contributed by atoms with van der Waals surface area (Å²) in [6.07, 6.45) is 1.40. The van der Waals surface area contributed by atoms with Gasteiger partial charge in [-0.1, -0.05) is 0 Å². The minimum atomic E-state index is -1.38. The second kappa shape index (κ2) is 6.56. The van der Waals surface area contributed by atoms with Crippen molar-refractivity contribution in [3.63, 3.8) is 0 Å². The molecule has 0 aliphatic carbocycles. The number of carboxylic acid groups (broad SMARTS) is 1. The van der Waals surface area contributed by atoms with E-state index in [1.54, 1.807) is 26.4 Å². The molecule has 0 unspecified atom stereocenters. The predicted molar refractivity (Wildman–Crippen MR) is 73.2 cm³/mol. The number of aromatic carboxylic acids is 1. The summed E-state index contributed by atoms with van der Waals surface area (Å²) in [6, 6.07) is 6.90. The minimum absolute atomic E-state index is 0.232. The summed E-state index contributed by atoms with van der Waals surface area (Å²) in [6.45, 7) is 0.360. The monoisotopic (exact) mass is 288 g/mol. The van der Waals surface area contributed by atoms with Crippen LogP contribution in [0.2, 0.25) is 0 Å². The van der Waals surface area contributed by atoms with Crippen molar-refractivity contribution in [2.45, 2.75) is 6.54 Å². The van der Waals surface area contributed by atoms with Crippen molar-refractivity contribution < 1.29 is 19.4 Å². The number of anilines is 1. The van der Waals surface area contributed by atoms with Crippen LogP contribution in [0, 0.1) is 0 Å². The molecule has 1 heterocycles. The molecule has 0 saturated heterocycles. The molecule has 0 amide bonds. The highest BCUT2D eigenvalue weighted by Crippen LogP contribution is 2.25. The molecule has 2 aromatic rings. The standard InChI is InChI=1S/C14H15N3O4/c1-20-10-4-3-9(12(7-10)21-2)8-15-11-5-6-16-17-13(11)14(18)19/h3-7H,8H2,1-2H3,(H,15,16)(H,18,19)/p-1. The van der Waals surface area contributed by atoms with Gasteiger partial charge in [-0.2, -0.15) is 5.10 Å². The SMILES string of the molecule is COc1ccc(CNc2ccnnc2C(=O)[O-])c(OC)c1. The molecular weight excluding hydrogens is 274 g/mol.